The molecule has 86 valence electrons. The van der Waals surface area contributed by atoms with Gasteiger partial charge in [-0.2, -0.15) is 5.10 Å². The van der Waals surface area contributed by atoms with E-state index in [1.807, 2.05) is 4.52 Å². The van der Waals surface area contributed by atoms with Gasteiger partial charge in [0.1, 0.15) is 4.60 Å². The summed E-state index contributed by atoms with van der Waals surface area (Å²) in [5.41, 5.74) is 2.26. The van der Waals surface area contributed by atoms with E-state index < -0.39 is 0 Å². The molecule has 0 unspecified atom stereocenters. The van der Waals surface area contributed by atoms with Gasteiger partial charge in [-0.05, 0) is 46.5 Å². The molecule has 0 saturated carbocycles. The lowest BCUT2D eigenvalue weighted by Gasteiger charge is -2.01. The quantitative estimate of drug-likeness (QED) is 0.804. The minimum atomic E-state index is 0.928. The number of aryl methyl sites for hydroxylation is 2. The highest BCUT2D eigenvalue weighted by molar-refractivity contribution is 9.10. The van der Waals surface area contributed by atoms with Crippen molar-refractivity contribution in [2.24, 2.45) is 0 Å². The Kier molecular flexibility index (Phi) is 3.59. The molecule has 0 spiro atoms. The van der Waals surface area contributed by atoms with Gasteiger partial charge in [-0.15, -0.1) is 0 Å². The number of halogens is 1. The molecule has 0 saturated heterocycles. The summed E-state index contributed by atoms with van der Waals surface area (Å²) in [6.07, 6.45) is 4.26. The number of fused-ring (bicyclic) bond motifs is 1. The fourth-order valence-electron chi connectivity index (χ4n) is 1.80. The van der Waals surface area contributed by atoms with Crippen molar-refractivity contribution in [1.82, 2.24) is 14.6 Å². The number of hydrogen-bond acceptors (Lipinski definition) is 2. The molecule has 2 aromatic heterocycles. The van der Waals surface area contributed by atoms with Gasteiger partial charge in [-0.25, -0.2) is 9.50 Å². The molecule has 0 aliphatic rings. The molecule has 2 heterocycles. The Balaban J connectivity index is 2.45. The smallest absolute Gasteiger partial charge is 0.157 e. The fraction of sp³-hybridized carbons (Fsp3) is 0.500. The summed E-state index contributed by atoms with van der Waals surface area (Å²) in [5, 5.41) is 4.46. The molecule has 0 atom stereocenters. The predicted molar refractivity (Wildman–Crippen MR) is 68.7 cm³/mol. The number of hydrogen-bond donors (Lipinski definition) is 0. The molecule has 0 N–H and O–H groups in total. The molecule has 0 aromatic carbocycles. The van der Waals surface area contributed by atoms with Crippen LogP contribution in [0, 0.1) is 0 Å². The zero-order valence-electron chi connectivity index (χ0n) is 9.70. The Morgan fingerprint density at radius 1 is 1.19 bits per heavy atom. The molecule has 0 aliphatic heterocycles. The highest BCUT2D eigenvalue weighted by Gasteiger charge is 2.07. The number of rotatable bonds is 4. The molecular weight excluding hydrogens is 266 g/mol. The van der Waals surface area contributed by atoms with Crippen LogP contribution in [0.1, 0.15) is 38.1 Å². The Bertz CT molecular complexity index is 490. The molecule has 0 amide bonds. The largest absolute Gasteiger partial charge is 0.212 e. The van der Waals surface area contributed by atoms with Crippen LogP contribution in [0.3, 0.4) is 0 Å². The maximum absolute atomic E-state index is 4.53. The van der Waals surface area contributed by atoms with Gasteiger partial charge in [0, 0.05) is 6.42 Å². The van der Waals surface area contributed by atoms with E-state index in [9.17, 15) is 0 Å². The topological polar surface area (TPSA) is 30.2 Å². The van der Waals surface area contributed by atoms with Gasteiger partial charge in [0.05, 0.1) is 0 Å². The molecule has 0 fully saturated rings. The zero-order chi connectivity index (χ0) is 11.5. The second-order valence-electron chi connectivity index (χ2n) is 3.98. The second-order valence-corrected chi connectivity index (χ2v) is 4.80. The Morgan fingerprint density at radius 3 is 2.62 bits per heavy atom. The van der Waals surface area contributed by atoms with Crippen LogP contribution in [0.25, 0.3) is 5.65 Å². The lowest BCUT2D eigenvalue weighted by molar-refractivity contribution is 0.810. The van der Waals surface area contributed by atoms with Crippen molar-refractivity contribution >= 4 is 21.6 Å². The van der Waals surface area contributed by atoms with E-state index in [0.717, 1.165) is 41.8 Å². The summed E-state index contributed by atoms with van der Waals surface area (Å²) in [6.45, 7) is 4.33. The van der Waals surface area contributed by atoms with E-state index >= 15 is 0 Å². The maximum Gasteiger partial charge on any atom is 0.157 e. The first-order valence-corrected chi connectivity index (χ1v) is 6.58. The molecular formula is C12H16BrN3. The van der Waals surface area contributed by atoms with E-state index in [2.05, 4.69) is 52.0 Å². The third-order valence-corrected chi connectivity index (χ3v) is 3.07. The number of nitrogens with zero attached hydrogens (tertiary/aromatic N) is 3. The van der Waals surface area contributed by atoms with E-state index in [1.54, 1.807) is 0 Å². The van der Waals surface area contributed by atoms with E-state index in [0.29, 0.717) is 0 Å². The molecule has 2 aromatic rings. The maximum atomic E-state index is 4.53. The van der Waals surface area contributed by atoms with Crippen molar-refractivity contribution in [3.05, 3.63) is 28.1 Å². The standard InChI is InChI=1S/C12H16BrN3/c1-3-5-9-7-10(13)16-12(8-9)14-11(15-16)6-4-2/h7-8H,3-6H2,1-2H3. The van der Waals surface area contributed by atoms with Gasteiger partial charge in [0.25, 0.3) is 0 Å². The summed E-state index contributed by atoms with van der Waals surface area (Å²) in [6, 6.07) is 4.25. The SMILES string of the molecule is CCCc1cc(Br)n2nc(CCC)nc2c1. The average Bonchev–Trinajstić information content (AvgIpc) is 2.62. The summed E-state index contributed by atoms with van der Waals surface area (Å²) >= 11 is 3.54. The van der Waals surface area contributed by atoms with Crippen LogP contribution in [0.5, 0.6) is 0 Å². The van der Waals surface area contributed by atoms with Gasteiger partial charge >= 0.3 is 0 Å². The molecule has 0 bridgehead atoms. The predicted octanol–water partition coefficient (Wildman–Crippen LogP) is 3.40. The van der Waals surface area contributed by atoms with Crippen LogP contribution in [-0.4, -0.2) is 14.6 Å². The summed E-state index contributed by atoms with van der Waals surface area (Å²) in [5.74, 6) is 0.928. The molecule has 3 nitrogen and oxygen atoms in total. The molecule has 0 aliphatic carbocycles. The first kappa shape index (κ1) is 11.6. The summed E-state index contributed by atoms with van der Waals surface area (Å²) < 4.78 is 2.85. The Labute approximate surface area is 104 Å². The minimum absolute atomic E-state index is 0.928. The van der Waals surface area contributed by atoms with E-state index in [1.165, 1.54) is 5.56 Å². The van der Waals surface area contributed by atoms with Gasteiger partial charge in [-0.1, -0.05) is 20.3 Å². The van der Waals surface area contributed by atoms with Crippen LogP contribution in [0.2, 0.25) is 0 Å². The second kappa shape index (κ2) is 4.95. The van der Waals surface area contributed by atoms with Crippen LogP contribution < -0.4 is 0 Å². The van der Waals surface area contributed by atoms with Gasteiger partial charge in [0.2, 0.25) is 0 Å². The zero-order valence-corrected chi connectivity index (χ0v) is 11.3. The first-order valence-electron chi connectivity index (χ1n) is 5.78. The lowest BCUT2D eigenvalue weighted by atomic mass is 10.1. The Hall–Kier alpha value is -0.900. The lowest BCUT2D eigenvalue weighted by Crippen LogP contribution is -1.93. The van der Waals surface area contributed by atoms with Crippen molar-refractivity contribution in [3.8, 4) is 0 Å². The van der Waals surface area contributed by atoms with E-state index in [4.69, 9.17) is 0 Å². The van der Waals surface area contributed by atoms with Crippen molar-refractivity contribution in [2.75, 3.05) is 0 Å². The van der Waals surface area contributed by atoms with Crippen molar-refractivity contribution in [3.63, 3.8) is 0 Å². The first-order chi connectivity index (χ1) is 7.74. The highest BCUT2D eigenvalue weighted by atomic mass is 79.9. The van der Waals surface area contributed by atoms with Crippen LogP contribution in [0.15, 0.2) is 16.7 Å². The van der Waals surface area contributed by atoms with Crippen molar-refractivity contribution in [2.45, 2.75) is 39.5 Å². The summed E-state index contributed by atoms with van der Waals surface area (Å²) in [4.78, 5) is 4.53. The Morgan fingerprint density at radius 2 is 1.94 bits per heavy atom. The highest BCUT2D eigenvalue weighted by Crippen LogP contribution is 2.17. The average molecular weight is 282 g/mol. The monoisotopic (exact) mass is 281 g/mol. The molecule has 16 heavy (non-hydrogen) atoms. The summed E-state index contributed by atoms with van der Waals surface area (Å²) in [7, 11) is 0. The number of aromatic nitrogens is 3. The number of pyridine rings is 1. The normalized spacial score (nSPS) is 11.2. The van der Waals surface area contributed by atoms with Crippen LogP contribution >= 0.6 is 15.9 Å². The molecule has 0 radical (unpaired) electrons. The van der Waals surface area contributed by atoms with E-state index in [-0.39, 0.29) is 0 Å². The fourth-order valence-corrected chi connectivity index (χ4v) is 2.36. The minimum Gasteiger partial charge on any atom is -0.212 e. The van der Waals surface area contributed by atoms with Gasteiger partial charge in [0.15, 0.2) is 11.5 Å². The van der Waals surface area contributed by atoms with Gasteiger partial charge in [-0.3, -0.25) is 0 Å². The molecule has 4 heteroatoms. The third-order valence-electron chi connectivity index (χ3n) is 2.51. The van der Waals surface area contributed by atoms with Crippen LogP contribution in [-0.2, 0) is 12.8 Å². The van der Waals surface area contributed by atoms with Crippen molar-refractivity contribution < 1.29 is 0 Å². The third kappa shape index (κ3) is 2.26. The van der Waals surface area contributed by atoms with Crippen LogP contribution in [0.4, 0.5) is 0 Å². The van der Waals surface area contributed by atoms with Crippen molar-refractivity contribution in [1.29, 1.82) is 0 Å². The molecule has 2 rings (SSSR count). The van der Waals surface area contributed by atoms with Gasteiger partial charge < -0.3 is 0 Å².